The number of aryl methyl sites for hydroxylation is 2. The summed E-state index contributed by atoms with van der Waals surface area (Å²) >= 11 is 1.64. The van der Waals surface area contributed by atoms with Crippen molar-refractivity contribution >= 4 is 16.5 Å². The monoisotopic (exact) mass is 236 g/mol. The number of thiazole rings is 1. The van der Waals surface area contributed by atoms with E-state index in [-0.39, 0.29) is 6.04 Å². The lowest BCUT2D eigenvalue weighted by Gasteiger charge is -2.09. The van der Waals surface area contributed by atoms with Gasteiger partial charge in [-0.1, -0.05) is 6.92 Å². The lowest BCUT2D eigenvalue weighted by molar-refractivity contribution is 0.467. The SMILES string of the molecule is CCc1csc(NC(C)c2ccc(C)o2)n1. The van der Waals surface area contributed by atoms with Crippen molar-refractivity contribution in [1.29, 1.82) is 0 Å². The molecule has 1 unspecified atom stereocenters. The highest BCUT2D eigenvalue weighted by molar-refractivity contribution is 7.13. The maximum atomic E-state index is 5.56. The molecule has 0 bridgehead atoms. The summed E-state index contributed by atoms with van der Waals surface area (Å²) in [6.45, 7) is 6.14. The molecule has 0 saturated carbocycles. The average molecular weight is 236 g/mol. The molecule has 0 aliphatic carbocycles. The Morgan fingerprint density at radius 1 is 1.50 bits per heavy atom. The molecule has 2 aromatic heterocycles. The quantitative estimate of drug-likeness (QED) is 0.878. The Kier molecular flexibility index (Phi) is 3.29. The Hall–Kier alpha value is -1.29. The van der Waals surface area contributed by atoms with Gasteiger partial charge in [0.1, 0.15) is 11.5 Å². The van der Waals surface area contributed by atoms with E-state index in [0.717, 1.165) is 28.8 Å². The van der Waals surface area contributed by atoms with Gasteiger partial charge >= 0.3 is 0 Å². The van der Waals surface area contributed by atoms with Crippen LogP contribution in [0.3, 0.4) is 0 Å². The Balaban J connectivity index is 2.04. The molecule has 0 spiro atoms. The minimum absolute atomic E-state index is 0.157. The van der Waals surface area contributed by atoms with Crippen molar-refractivity contribution in [3.63, 3.8) is 0 Å². The first-order chi connectivity index (χ1) is 7.69. The number of furan rings is 1. The van der Waals surface area contributed by atoms with Gasteiger partial charge in [0.2, 0.25) is 0 Å². The number of rotatable bonds is 4. The van der Waals surface area contributed by atoms with E-state index in [2.05, 4.69) is 29.5 Å². The van der Waals surface area contributed by atoms with E-state index in [0.29, 0.717) is 0 Å². The first-order valence-electron chi connectivity index (χ1n) is 5.46. The summed E-state index contributed by atoms with van der Waals surface area (Å²) in [7, 11) is 0. The molecule has 16 heavy (non-hydrogen) atoms. The third-order valence-electron chi connectivity index (χ3n) is 2.44. The Morgan fingerprint density at radius 2 is 2.31 bits per heavy atom. The lowest BCUT2D eigenvalue weighted by Crippen LogP contribution is -2.05. The molecule has 0 aliphatic heterocycles. The van der Waals surface area contributed by atoms with Gasteiger partial charge in [0.15, 0.2) is 5.13 Å². The number of nitrogens with zero attached hydrogens (tertiary/aromatic N) is 1. The molecule has 0 radical (unpaired) electrons. The summed E-state index contributed by atoms with van der Waals surface area (Å²) in [5.74, 6) is 1.89. The zero-order valence-electron chi connectivity index (χ0n) is 9.78. The van der Waals surface area contributed by atoms with Crippen molar-refractivity contribution in [3.05, 3.63) is 34.7 Å². The largest absolute Gasteiger partial charge is 0.464 e. The minimum Gasteiger partial charge on any atom is -0.464 e. The molecular formula is C12H16N2OS. The van der Waals surface area contributed by atoms with E-state index in [1.165, 1.54) is 0 Å². The number of nitrogens with one attached hydrogen (secondary N) is 1. The molecule has 86 valence electrons. The van der Waals surface area contributed by atoms with Gasteiger partial charge in [-0.15, -0.1) is 11.3 Å². The van der Waals surface area contributed by atoms with Crippen molar-refractivity contribution < 1.29 is 4.42 Å². The van der Waals surface area contributed by atoms with Crippen LogP contribution in [0.15, 0.2) is 21.9 Å². The zero-order valence-corrected chi connectivity index (χ0v) is 10.6. The fraction of sp³-hybridized carbons (Fsp3) is 0.417. The number of anilines is 1. The van der Waals surface area contributed by atoms with Gasteiger partial charge in [0, 0.05) is 5.38 Å². The summed E-state index contributed by atoms with van der Waals surface area (Å²) in [5.41, 5.74) is 1.13. The maximum Gasteiger partial charge on any atom is 0.183 e. The third kappa shape index (κ3) is 2.44. The fourth-order valence-electron chi connectivity index (χ4n) is 1.48. The smallest absolute Gasteiger partial charge is 0.183 e. The molecule has 2 rings (SSSR count). The average Bonchev–Trinajstić information content (AvgIpc) is 2.87. The normalized spacial score (nSPS) is 12.7. The van der Waals surface area contributed by atoms with E-state index in [9.17, 15) is 0 Å². The summed E-state index contributed by atoms with van der Waals surface area (Å²) in [6.07, 6.45) is 0.979. The summed E-state index contributed by atoms with van der Waals surface area (Å²) in [6, 6.07) is 4.14. The van der Waals surface area contributed by atoms with Gasteiger partial charge in [-0.05, 0) is 32.4 Å². The number of hydrogen-bond acceptors (Lipinski definition) is 4. The van der Waals surface area contributed by atoms with Crippen LogP contribution < -0.4 is 5.32 Å². The van der Waals surface area contributed by atoms with Gasteiger partial charge in [0.25, 0.3) is 0 Å². The van der Waals surface area contributed by atoms with Crippen LogP contribution >= 0.6 is 11.3 Å². The predicted molar refractivity (Wildman–Crippen MR) is 67.0 cm³/mol. The van der Waals surface area contributed by atoms with Crippen molar-refractivity contribution in [2.75, 3.05) is 5.32 Å². The zero-order chi connectivity index (χ0) is 11.5. The Labute approximate surface area is 99.5 Å². The second-order valence-electron chi connectivity index (χ2n) is 3.81. The van der Waals surface area contributed by atoms with Crippen molar-refractivity contribution in [1.82, 2.24) is 4.98 Å². The van der Waals surface area contributed by atoms with Gasteiger partial charge < -0.3 is 9.73 Å². The number of aromatic nitrogens is 1. The van der Waals surface area contributed by atoms with Gasteiger partial charge in [-0.3, -0.25) is 0 Å². The standard InChI is InChI=1S/C12H16N2OS/c1-4-10-7-16-12(14-10)13-9(3)11-6-5-8(2)15-11/h5-7,9H,4H2,1-3H3,(H,13,14). The molecule has 0 aliphatic rings. The highest BCUT2D eigenvalue weighted by Crippen LogP contribution is 2.23. The number of hydrogen-bond donors (Lipinski definition) is 1. The first kappa shape index (κ1) is 11.2. The third-order valence-corrected chi connectivity index (χ3v) is 3.26. The minimum atomic E-state index is 0.157. The molecule has 0 fully saturated rings. The van der Waals surface area contributed by atoms with Crippen LogP contribution in [-0.2, 0) is 6.42 Å². The van der Waals surface area contributed by atoms with Crippen LogP contribution in [0.1, 0.15) is 37.1 Å². The Morgan fingerprint density at radius 3 is 2.88 bits per heavy atom. The van der Waals surface area contributed by atoms with E-state index in [1.807, 2.05) is 19.1 Å². The summed E-state index contributed by atoms with van der Waals surface area (Å²) in [4.78, 5) is 4.47. The van der Waals surface area contributed by atoms with Gasteiger partial charge in [-0.2, -0.15) is 0 Å². The molecule has 0 amide bonds. The molecule has 2 heterocycles. The van der Waals surface area contributed by atoms with E-state index < -0.39 is 0 Å². The molecule has 0 aromatic carbocycles. The molecule has 3 nitrogen and oxygen atoms in total. The second kappa shape index (κ2) is 4.70. The summed E-state index contributed by atoms with van der Waals surface area (Å²) < 4.78 is 5.56. The van der Waals surface area contributed by atoms with Gasteiger partial charge in [0.05, 0.1) is 11.7 Å². The van der Waals surface area contributed by atoms with Gasteiger partial charge in [-0.25, -0.2) is 4.98 Å². The second-order valence-corrected chi connectivity index (χ2v) is 4.67. The molecule has 1 N–H and O–H groups in total. The van der Waals surface area contributed by atoms with Crippen LogP contribution in [-0.4, -0.2) is 4.98 Å². The predicted octanol–water partition coefficient (Wildman–Crippen LogP) is 3.78. The highest BCUT2D eigenvalue weighted by atomic mass is 32.1. The molecule has 0 saturated heterocycles. The van der Waals surface area contributed by atoms with Crippen LogP contribution in [0, 0.1) is 6.92 Å². The maximum absolute atomic E-state index is 5.56. The highest BCUT2D eigenvalue weighted by Gasteiger charge is 2.10. The van der Waals surface area contributed by atoms with Crippen LogP contribution in [0.25, 0.3) is 0 Å². The summed E-state index contributed by atoms with van der Waals surface area (Å²) in [5, 5.41) is 6.38. The first-order valence-corrected chi connectivity index (χ1v) is 6.34. The van der Waals surface area contributed by atoms with Crippen molar-refractivity contribution in [3.8, 4) is 0 Å². The van der Waals surface area contributed by atoms with Crippen molar-refractivity contribution in [2.24, 2.45) is 0 Å². The topological polar surface area (TPSA) is 38.1 Å². The van der Waals surface area contributed by atoms with E-state index >= 15 is 0 Å². The Bertz CT molecular complexity index is 461. The molecule has 2 aromatic rings. The molecule has 1 atom stereocenters. The lowest BCUT2D eigenvalue weighted by atomic mass is 10.2. The molecular weight excluding hydrogens is 220 g/mol. The molecule has 4 heteroatoms. The van der Waals surface area contributed by atoms with Crippen LogP contribution in [0.5, 0.6) is 0 Å². The van der Waals surface area contributed by atoms with E-state index in [4.69, 9.17) is 4.42 Å². The van der Waals surface area contributed by atoms with Crippen LogP contribution in [0.2, 0.25) is 0 Å². The van der Waals surface area contributed by atoms with Crippen molar-refractivity contribution in [2.45, 2.75) is 33.2 Å². The van der Waals surface area contributed by atoms with E-state index in [1.54, 1.807) is 11.3 Å². The van der Waals surface area contributed by atoms with Crippen LogP contribution in [0.4, 0.5) is 5.13 Å². The fourth-order valence-corrected chi connectivity index (χ4v) is 2.36.